The molecule has 0 amide bonds. The van der Waals surface area contributed by atoms with E-state index in [1.165, 1.54) is 6.07 Å². The molecular weight excluding hydrogens is 316 g/mol. The van der Waals surface area contributed by atoms with Crippen molar-refractivity contribution in [2.45, 2.75) is 6.92 Å². The topological polar surface area (TPSA) is 56.5 Å². The van der Waals surface area contributed by atoms with Gasteiger partial charge in [-0.3, -0.25) is 0 Å². The van der Waals surface area contributed by atoms with Gasteiger partial charge in [-0.25, -0.2) is 9.59 Å². The first-order valence-electron chi connectivity index (χ1n) is 7.86. The van der Waals surface area contributed by atoms with Gasteiger partial charge in [-0.2, -0.15) is 0 Å². The van der Waals surface area contributed by atoms with Gasteiger partial charge in [0.15, 0.2) is 0 Å². The quantitative estimate of drug-likeness (QED) is 0.403. The van der Waals surface area contributed by atoms with Gasteiger partial charge in [0.1, 0.15) is 11.3 Å². The summed E-state index contributed by atoms with van der Waals surface area (Å²) in [5, 5.41) is 0.779. The van der Waals surface area contributed by atoms with Crippen molar-refractivity contribution >= 4 is 28.8 Å². The Bertz CT molecular complexity index is 1100. The molecule has 4 nitrogen and oxygen atoms in total. The third kappa shape index (κ3) is 2.90. The number of carbonyl (C=O) groups is 1. The van der Waals surface area contributed by atoms with Crippen molar-refractivity contribution in [1.29, 1.82) is 0 Å². The zero-order chi connectivity index (χ0) is 17.4. The summed E-state index contributed by atoms with van der Waals surface area (Å²) >= 11 is 0. The van der Waals surface area contributed by atoms with Crippen LogP contribution >= 0.6 is 0 Å². The standard InChI is InChI=1S/C21H14O4/c1-13-7-8-18-17(9-13)15(12-20(22)24-18)10-16-11-19(25-21(16)23)14-5-3-2-4-6-14/h2-12H,1H3/b16-10+. The maximum atomic E-state index is 12.2. The van der Waals surface area contributed by atoms with Crippen LogP contribution in [0, 0.1) is 6.92 Å². The van der Waals surface area contributed by atoms with Crippen LogP contribution in [0.4, 0.5) is 0 Å². The summed E-state index contributed by atoms with van der Waals surface area (Å²) in [5.74, 6) is 0.0631. The highest BCUT2D eigenvalue weighted by molar-refractivity contribution is 6.06. The molecule has 4 rings (SSSR count). The van der Waals surface area contributed by atoms with Crippen molar-refractivity contribution in [3.63, 3.8) is 0 Å². The smallest absolute Gasteiger partial charge is 0.343 e. The van der Waals surface area contributed by atoms with E-state index in [9.17, 15) is 9.59 Å². The molecule has 2 aromatic carbocycles. The molecule has 122 valence electrons. The molecule has 0 radical (unpaired) electrons. The van der Waals surface area contributed by atoms with Crippen LogP contribution in [0.3, 0.4) is 0 Å². The Morgan fingerprint density at radius 2 is 1.76 bits per heavy atom. The number of carbonyl (C=O) groups excluding carboxylic acids is 1. The Morgan fingerprint density at radius 1 is 0.960 bits per heavy atom. The van der Waals surface area contributed by atoms with Gasteiger partial charge in [-0.15, -0.1) is 0 Å². The SMILES string of the molecule is Cc1ccc2oc(=O)cc(/C=C3\C=C(c4ccccc4)OC3=O)c2c1. The van der Waals surface area contributed by atoms with Crippen molar-refractivity contribution in [1.82, 2.24) is 0 Å². The van der Waals surface area contributed by atoms with Crippen molar-refractivity contribution in [3.05, 3.63) is 93.4 Å². The van der Waals surface area contributed by atoms with Crippen molar-refractivity contribution < 1.29 is 13.9 Å². The van der Waals surface area contributed by atoms with E-state index in [2.05, 4.69) is 0 Å². The van der Waals surface area contributed by atoms with Gasteiger partial charge >= 0.3 is 11.6 Å². The fourth-order valence-electron chi connectivity index (χ4n) is 2.82. The van der Waals surface area contributed by atoms with Crippen LogP contribution in [0.2, 0.25) is 0 Å². The molecule has 1 aliphatic heterocycles. The Morgan fingerprint density at radius 3 is 2.56 bits per heavy atom. The molecule has 1 aliphatic rings. The molecule has 25 heavy (non-hydrogen) atoms. The van der Waals surface area contributed by atoms with Crippen LogP contribution in [0.25, 0.3) is 22.8 Å². The zero-order valence-corrected chi connectivity index (χ0v) is 13.5. The van der Waals surface area contributed by atoms with Gasteiger partial charge in [-0.1, -0.05) is 42.0 Å². The minimum atomic E-state index is -0.457. The third-order valence-corrected chi connectivity index (χ3v) is 4.02. The summed E-state index contributed by atoms with van der Waals surface area (Å²) in [7, 11) is 0. The maximum absolute atomic E-state index is 12.2. The molecule has 0 N–H and O–H groups in total. The van der Waals surface area contributed by atoms with Crippen LogP contribution in [0.5, 0.6) is 0 Å². The van der Waals surface area contributed by atoms with Crippen LogP contribution in [-0.4, -0.2) is 5.97 Å². The van der Waals surface area contributed by atoms with Gasteiger partial charge in [0.05, 0.1) is 5.57 Å². The van der Waals surface area contributed by atoms with Crippen molar-refractivity contribution in [2.75, 3.05) is 0 Å². The summed E-state index contributed by atoms with van der Waals surface area (Å²) in [6.07, 6.45) is 3.35. The lowest BCUT2D eigenvalue weighted by molar-refractivity contribution is -0.130. The van der Waals surface area contributed by atoms with E-state index in [1.54, 1.807) is 18.2 Å². The molecule has 2 heterocycles. The lowest BCUT2D eigenvalue weighted by Gasteiger charge is -2.02. The predicted octanol–water partition coefficient (Wildman–Crippen LogP) is 4.08. The second-order valence-corrected chi connectivity index (χ2v) is 5.88. The van der Waals surface area contributed by atoms with E-state index in [-0.39, 0.29) is 0 Å². The van der Waals surface area contributed by atoms with Gasteiger partial charge < -0.3 is 9.15 Å². The lowest BCUT2D eigenvalue weighted by Crippen LogP contribution is -2.00. The molecule has 0 saturated carbocycles. The summed E-state index contributed by atoms with van der Waals surface area (Å²) in [5.41, 5.74) is 2.92. The fraction of sp³-hybridized carbons (Fsp3) is 0.0476. The largest absolute Gasteiger partial charge is 0.423 e. The van der Waals surface area contributed by atoms with Crippen LogP contribution in [0.15, 0.2) is 75.5 Å². The van der Waals surface area contributed by atoms with E-state index >= 15 is 0 Å². The van der Waals surface area contributed by atoms with Gasteiger partial charge in [0.2, 0.25) is 0 Å². The molecule has 1 aromatic heterocycles. The highest BCUT2D eigenvalue weighted by Crippen LogP contribution is 2.28. The van der Waals surface area contributed by atoms with Crippen molar-refractivity contribution in [2.24, 2.45) is 0 Å². The van der Waals surface area contributed by atoms with Crippen molar-refractivity contribution in [3.8, 4) is 0 Å². The van der Waals surface area contributed by atoms with E-state index in [4.69, 9.17) is 9.15 Å². The fourth-order valence-corrected chi connectivity index (χ4v) is 2.82. The molecule has 4 heteroatoms. The van der Waals surface area contributed by atoms with Gasteiger partial charge in [0.25, 0.3) is 0 Å². The second-order valence-electron chi connectivity index (χ2n) is 5.88. The third-order valence-electron chi connectivity index (χ3n) is 4.02. The summed E-state index contributed by atoms with van der Waals surface area (Å²) < 4.78 is 10.6. The molecular formula is C21H14O4. The van der Waals surface area contributed by atoms with Gasteiger partial charge in [-0.05, 0) is 36.8 Å². The second kappa shape index (κ2) is 5.91. The Hall–Kier alpha value is -3.40. The Kier molecular flexibility index (Phi) is 3.58. The van der Waals surface area contributed by atoms with E-state index < -0.39 is 11.6 Å². The average Bonchev–Trinajstić information content (AvgIpc) is 2.97. The number of benzene rings is 2. The highest BCUT2D eigenvalue weighted by atomic mass is 16.5. The molecule has 0 aliphatic carbocycles. The first-order valence-corrected chi connectivity index (χ1v) is 7.86. The van der Waals surface area contributed by atoms with E-state index in [1.807, 2.05) is 49.4 Å². The predicted molar refractivity (Wildman–Crippen MR) is 95.7 cm³/mol. The van der Waals surface area contributed by atoms with E-state index in [0.29, 0.717) is 22.5 Å². The number of fused-ring (bicyclic) bond motifs is 1. The van der Waals surface area contributed by atoms with Crippen LogP contribution < -0.4 is 5.63 Å². The van der Waals surface area contributed by atoms with Crippen LogP contribution in [-0.2, 0) is 9.53 Å². The number of cyclic esters (lactones) is 1. The molecule has 0 atom stereocenters. The molecule has 0 spiro atoms. The summed E-state index contributed by atoms with van der Waals surface area (Å²) in [4.78, 5) is 24.0. The average molecular weight is 330 g/mol. The number of ether oxygens (including phenoxy) is 1. The minimum Gasteiger partial charge on any atom is -0.423 e. The highest BCUT2D eigenvalue weighted by Gasteiger charge is 2.22. The minimum absolute atomic E-state index is 0.396. The Labute approximate surface area is 143 Å². The monoisotopic (exact) mass is 330 g/mol. The summed E-state index contributed by atoms with van der Waals surface area (Å²) in [6, 6.07) is 16.3. The van der Waals surface area contributed by atoms with E-state index in [0.717, 1.165) is 16.5 Å². The van der Waals surface area contributed by atoms with Crippen LogP contribution in [0.1, 0.15) is 16.7 Å². The number of hydrogen-bond acceptors (Lipinski definition) is 4. The number of hydrogen-bond donors (Lipinski definition) is 0. The molecule has 0 saturated heterocycles. The number of esters is 1. The molecule has 0 fully saturated rings. The Balaban J connectivity index is 1.85. The van der Waals surface area contributed by atoms with Gasteiger partial charge in [0, 0.05) is 17.0 Å². The molecule has 3 aromatic rings. The number of rotatable bonds is 2. The first kappa shape index (κ1) is 15.1. The lowest BCUT2D eigenvalue weighted by atomic mass is 10.0. The first-order chi connectivity index (χ1) is 12.1. The zero-order valence-electron chi connectivity index (χ0n) is 13.5. The maximum Gasteiger partial charge on any atom is 0.343 e. The molecule has 0 unspecified atom stereocenters. The number of aryl methyl sites for hydroxylation is 1. The normalized spacial score (nSPS) is 15.5. The molecule has 0 bridgehead atoms. The summed E-state index contributed by atoms with van der Waals surface area (Å²) in [6.45, 7) is 1.96.